The van der Waals surface area contributed by atoms with Crippen LogP contribution < -0.4 is 0 Å². The molecule has 0 saturated heterocycles. The molecule has 0 aliphatic heterocycles. The molecule has 0 aromatic carbocycles. The summed E-state index contributed by atoms with van der Waals surface area (Å²) in [4.78, 5) is 58.2. The quantitative estimate of drug-likeness (QED) is 0.0146. The van der Waals surface area contributed by atoms with E-state index in [0.29, 0.717) is 19.3 Å². The predicted octanol–water partition coefficient (Wildman–Crippen LogP) is 21.1. The number of aliphatic hydroxyl groups excluding tert-OH is 2. The van der Waals surface area contributed by atoms with E-state index in [0.717, 1.165) is 116 Å². The van der Waals surface area contributed by atoms with Gasteiger partial charge in [0, 0.05) is 19.3 Å². The maximum absolute atomic E-state index is 12.8. The average Bonchev–Trinajstić information content (AvgIpc) is 3.63. The third-order valence-electron chi connectivity index (χ3n) is 15.9. The Morgan fingerprint density at radius 1 is 0.312 bits per heavy atom. The standard InChI is InChI=1S/C75H136O16P2/c1-4-7-10-13-16-19-22-23-24-25-26-27-28-29-30-31-32-33-34-35-36-37-38-39-40-41-42-43-44-45-48-50-52-55-58-61-73(78)85-64-70(76)65-87-92(81,82)88-66-71(77)67-89-93(83,84)90-69-72(91-75(80)63-60-57-54-51-47-21-18-15-12-9-6-3)68-86-74(79)62-59-56-53-49-46-20-17-14-11-8-5-2/h7,10,14,16-17,19,23-24,26-27,29-30,70-72,76-77H,4-6,8-9,11-13,15,18,20-22,25,28,31-69H2,1-3H3,(H,81,82)(H,83,84)/b10-7-,17-14-,19-16-,24-23-,27-26-,30-29-. The van der Waals surface area contributed by atoms with Gasteiger partial charge in [-0.25, -0.2) is 9.13 Å². The summed E-state index contributed by atoms with van der Waals surface area (Å²) < 4.78 is 60.8. The zero-order chi connectivity index (χ0) is 68.1. The molecule has 0 saturated carbocycles. The summed E-state index contributed by atoms with van der Waals surface area (Å²) in [6.45, 7) is 2.53. The predicted molar refractivity (Wildman–Crippen MR) is 381 cm³/mol. The third kappa shape index (κ3) is 70.1. The van der Waals surface area contributed by atoms with Gasteiger partial charge in [-0.15, -0.1) is 0 Å². The van der Waals surface area contributed by atoms with Gasteiger partial charge in [0.15, 0.2) is 6.10 Å². The molecule has 0 amide bonds. The third-order valence-corrected chi connectivity index (χ3v) is 17.8. The molecule has 0 radical (unpaired) electrons. The molecule has 0 aliphatic rings. The fourth-order valence-corrected chi connectivity index (χ4v) is 11.8. The first kappa shape index (κ1) is 90.0. The Balaban J connectivity index is 4.20. The number of ether oxygens (including phenoxy) is 3. The van der Waals surface area contributed by atoms with Crippen molar-refractivity contribution < 1.29 is 75.8 Å². The summed E-state index contributed by atoms with van der Waals surface area (Å²) in [6.07, 6.45) is 74.4. The molecule has 5 unspecified atom stereocenters. The topological polar surface area (TPSA) is 231 Å². The van der Waals surface area contributed by atoms with Crippen molar-refractivity contribution in [2.45, 2.75) is 347 Å². The zero-order valence-corrected chi connectivity index (χ0v) is 60.7. The molecular formula is C75H136O16P2. The first-order valence-corrected chi connectivity index (χ1v) is 40.2. The molecule has 0 heterocycles. The highest BCUT2D eigenvalue weighted by Crippen LogP contribution is 2.45. The summed E-state index contributed by atoms with van der Waals surface area (Å²) in [6, 6.07) is 0. The lowest BCUT2D eigenvalue weighted by molar-refractivity contribution is -0.161. The lowest BCUT2D eigenvalue weighted by Gasteiger charge is -2.21. The summed E-state index contributed by atoms with van der Waals surface area (Å²) in [7, 11) is -9.75. The Bertz CT molecular complexity index is 1990. The Morgan fingerprint density at radius 3 is 0.946 bits per heavy atom. The number of unbranched alkanes of at least 4 members (excludes halogenated alkanes) is 36. The normalized spacial score (nSPS) is 14.5. The molecule has 16 nitrogen and oxygen atoms in total. The van der Waals surface area contributed by atoms with Gasteiger partial charge < -0.3 is 34.2 Å². The van der Waals surface area contributed by atoms with Crippen LogP contribution in [0.2, 0.25) is 0 Å². The van der Waals surface area contributed by atoms with Crippen molar-refractivity contribution in [2.24, 2.45) is 0 Å². The van der Waals surface area contributed by atoms with E-state index in [4.69, 9.17) is 32.3 Å². The van der Waals surface area contributed by atoms with Crippen molar-refractivity contribution in [1.82, 2.24) is 0 Å². The number of rotatable bonds is 71. The molecule has 0 fully saturated rings. The smallest absolute Gasteiger partial charge is 0.463 e. The van der Waals surface area contributed by atoms with Crippen LogP contribution in [0.3, 0.4) is 0 Å². The van der Waals surface area contributed by atoms with Crippen LogP contribution in [0.25, 0.3) is 0 Å². The molecule has 0 bridgehead atoms. The molecule has 93 heavy (non-hydrogen) atoms. The van der Waals surface area contributed by atoms with Gasteiger partial charge in [-0.3, -0.25) is 32.5 Å². The van der Waals surface area contributed by atoms with Gasteiger partial charge in [0.1, 0.15) is 25.4 Å². The number of esters is 3. The first-order chi connectivity index (χ1) is 45.2. The molecular weight excluding hydrogens is 1220 g/mol. The Kier molecular flexibility index (Phi) is 66.7. The lowest BCUT2D eigenvalue weighted by atomic mass is 10.0. The molecule has 0 aromatic rings. The number of carbonyl (C=O) groups excluding carboxylic acids is 3. The van der Waals surface area contributed by atoms with Crippen LogP contribution in [-0.2, 0) is 55.8 Å². The molecule has 5 atom stereocenters. The Labute approximate surface area is 566 Å². The van der Waals surface area contributed by atoms with Gasteiger partial charge in [-0.05, 0) is 83.5 Å². The van der Waals surface area contributed by atoms with E-state index in [9.17, 15) is 43.5 Å². The van der Waals surface area contributed by atoms with Crippen molar-refractivity contribution in [3.05, 3.63) is 72.9 Å². The number of carbonyl (C=O) groups is 3. The van der Waals surface area contributed by atoms with Crippen LogP contribution in [0.1, 0.15) is 329 Å². The second-order valence-electron chi connectivity index (χ2n) is 25.1. The maximum atomic E-state index is 12.8. The summed E-state index contributed by atoms with van der Waals surface area (Å²) in [5, 5.41) is 20.5. The van der Waals surface area contributed by atoms with Gasteiger partial charge in [-0.2, -0.15) is 0 Å². The van der Waals surface area contributed by atoms with Crippen LogP contribution in [0.15, 0.2) is 72.9 Å². The summed E-state index contributed by atoms with van der Waals surface area (Å²) in [5.74, 6) is -1.57. The van der Waals surface area contributed by atoms with E-state index in [2.05, 4.69) is 93.7 Å². The van der Waals surface area contributed by atoms with Gasteiger partial charge in [0.25, 0.3) is 0 Å². The van der Waals surface area contributed by atoms with Crippen molar-refractivity contribution in [1.29, 1.82) is 0 Å². The highest BCUT2D eigenvalue weighted by Gasteiger charge is 2.29. The van der Waals surface area contributed by atoms with Crippen LogP contribution in [0, 0.1) is 0 Å². The van der Waals surface area contributed by atoms with Crippen molar-refractivity contribution in [3.8, 4) is 0 Å². The van der Waals surface area contributed by atoms with E-state index in [1.165, 1.54) is 154 Å². The molecule has 0 aromatic heterocycles. The number of allylic oxidation sites excluding steroid dienone is 12. The molecule has 0 spiro atoms. The molecule has 0 aliphatic carbocycles. The Hall–Kier alpha value is -3.01. The van der Waals surface area contributed by atoms with E-state index in [1.54, 1.807) is 0 Å². The summed E-state index contributed by atoms with van der Waals surface area (Å²) >= 11 is 0. The zero-order valence-electron chi connectivity index (χ0n) is 58.9. The van der Waals surface area contributed by atoms with Gasteiger partial charge in [0.05, 0.1) is 26.4 Å². The van der Waals surface area contributed by atoms with Crippen molar-refractivity contribution in [3.63, 3.8) is 0 Å². The van der Waals surface area contributed by atoms with E-state index in [-0.39, 0.29) is 19.3 Å². The van der Waals surface area contributed by atoms with Crippen LogP contribution in [0.4, 0.5) is 0 Å². The van der Waals surface area contributed by atoms with Crippen LogP contribution in [-0.4, -0.2) is 95.9 Å². The van der Waals surface area contributed by atoms with E-state index in [1.807, 2.05) is 0 Å². The minimum Gasteiger partial charge on any atom is -0.463 e. The average molecular weight is 1360 g/mol. The molecule has 542 valence electrons. The van der Waals surface area contributed by atoms with E-state index >= 15 is 0 Å². The van der Waals surface area contributed by atoms with Gasteiger partial charge in [0.2, 0.25) is 0 Å². The van der Waals surface area contributed by atoms with Crippen molar-refractivity contribution >= 4 is 33.6 Å². The Morgan fingerprint density at radius 2 is 0.581 bits per heavy atom. The van der Waals surface area contributed by atoms with Crippen molar-refractivity contribution in [2.75, 3.05) is 39.6 Å². The highest BCUT2D eigenvalue weighted by atomic mass is 31.2. The lowest BCUT2D eigenvalue weighted by Crippen LogP contribution is -2.30. The minimum absolute atomic E-state index is 0.109. The SMILES string of the molecule is CC/C=C\C/C=C\C/C=C\C/C=C\C/C=C\CCCCCCCCCCCCCCCCCCCCCC(=O)OCC(O)COP(=O)(O)OCC(O)COP(=O)(O)OCC(COC(=O)CCCCCCC/C=C\CCCC)OC(=O)CCCCCCCCCCCCC. The minimum atomic E-state index is -4.91. The summed E-state index contributed by atoms with van der Waals surface area (Å²) in [5.41, 5.74) is 0. The fourth-order valence-electron chi connectivity index (χ4n) is 10.2. The van der Waals surface area contributed by atoms with Crippen LogP contribution >= 0.6 is 15.6 Å². The monoisotopic (exact) mass is 1350 g/mol. The second kappa shape index (κ2) is 68.9. The first-order valence-electron chi connectivity index (χ1n) is 37.2. The largest absolute Gasteiger partial charge is 0.472 e. The second-order valence-corrected chi connectivity index (χ2v) is 28.0. The molecule has 4 N–H and O–H groups in total. The molecule has 18 heteroatoms. The van der Waals surface area contributed by atoms with E-state index < -0.39 is 91.5 Å². The number of phosphoric acid groups is 2. The van der Waals surface area contributed by atoms with Gasteiger partial charge in [-0.1, -0.05) is 299 Å². The molecule has 0 rings (SSSR count). The maximum Gasteiger partial charge on any atom is 0.472 e. The number of hydrogen-bond donors (Lipinski definition) is 4. The number of hydrogen-bond acceptors (Lipinski definition) is 14. The number of aliphatic hydroxyl groups is 2. The fraction of sp³-hybridized carbons (Fsp3) is 0.800. The van der Waals surface area contributed by atoms with Crippen LogP contribution in [0.5, 0.6) is 0 Å². The van der Waals surface area contributed by atoms with Gasteiger partial charge >= 0.3 is 33.6 Å². The highest BCUT2D eigenvalue weighted by molar-refractivity contribution is 7.47. The number of phosphoric ester groups is 2.